The molecule has 0 spiro atoms. The zero-order valence-corrected chi connectivity index (χ0v) is 10.7. The smallest absolute Gasteiger partial charge is 0.227 e. The van der Waals surface area contributed by atoms with Crippen LogP contribution in [0.3, 0.4) is 0 Å². The predicted molar refractivity (Wildman–Crippen MR) is 66.7 cm³/mol. The van der Waals surface area contributed by atoms with E-state index in [1.54, 1.807) is 12.1 Å². The molecule has 0 radical (unpaired) electrons. The van der Waals surface area contributed by atoms with Crippen molar-refractivity contribution in [2.24, 2.45) is 0 Å². The molecule has 3 nitrogen and oxygen atoms in total. The van der Waals surface area contributed by atoms with Gasteiger partial charge in [-0.1, -0.05) is 12.1 Å². The number of rotatable bonds is 2. The second-order valence-corrected chi connectivity index (χ2v) is 4.86. The predicted octanol–water partition coefficient (Wildman–Crippen LogP) is 2.00. The van der Waals surface area contributed by atoms with Gasteiger partial charge in [-0.3, -0.25) is 4.79 Å². The first-order valence-corrected chi connectivity index (χ1v) is 6.22. The molecule has 0 saturated carbocycles. The van der Waals surface area contributed by atoms with E-state index in [9.17, 15) is 9.18 Å². The third-order valence-corrected chi connectivity index (χ3v) is 3.04. The van der Waals surface area contributed by atoms with E-state index in [1.165, 1.54) is 12.1 Å². The van der Waals surface area contributed by atoms with E-state index in [0.29, 0.717) is 19.5 Å². The molecular formula is C14H18FNO2. The summed E-state index contributed by atoms with van der Waals surface area (Å²) < 4.78 is 18.4. The van der Waals surface area contributed by atoms with Crippen molar-refractivity contribution in [3.8, 4) is 0 Å². The zero-order chi connectivity index (χ0) is 13.1. The van der Waals surface area contributed by atoms with Gasteiger partial charge in [0.1, 0.15) is 5.82 Å². The molecule has 2 atom stereocenters. The highest BCUT2D eigenvalue weighted by molar-refractivity contribution is 5.78. The van der Waals surface area contributed by atoms with Gasteiger partial charge in [0.25, 0.3) is 0 Å². The normalized spacial score (nSPS) is 24.1. The number of nitrogens with zero attached hydrogens (tertiary/aromatic N) is 1. The second-order valence-electron chi connectivity index (χ2n) is 4.86. The molecule has 0 N–H and O–H groups in total. The summed E-state index contributed by atoms with van der Waals surface area (Å²) in [5, 5.41) is 0. The highest BCUT2D eigenvalue weighted by atomic mass is 19.1. The molecule has 0 aliphatic carbocycles. The number of ether oxygens (including phenoxy) is 1. The first kappa shape index (κ1) is 13.0. The SMILES string of the molecule is CC1CN(C(=O)Cc2ccc(F)cc2)CC(C)O1. The lowest BCUT2D eigenvalue weighted by Crippen LogP contribution is -2.48. The van der Waals surface area contributed by atoms with E-state index < -0.39 is 0 Å². The van der Waals surface area contributed by atoms with Crippen molar-refractivity contribution in [1.82, 2.24) is 4.90 Å². The third kappa shape index (κ3) is 3.29. The molecule has 0 aromatic heterocycles. The number of carbonyl (C=O) groups excluding carboxylic acids is 1. The summed E-state index contributed by atoms with van der Waals surface area (Å²) in [6.45, 7) is 5.19. The maximum Gasteiger partial charge on any atom is 0.227 e. The summed E-state index contributed by atoms with van der Waals surface area (Å²) in [6.07, 6.45) is 0.469. The first-order valence-electron chi connectivity index (χ1n) is 6.22. The van der Waals surface area contributed by atoms with E-state index in [-0.39, 0.29) is 23.9 Å². The van der Waals surface area contributed by atoms with E-state index in [0.717, 1.165) is 5.56 Å². The fourth-order valence-corrected chi connectivity index (χ4v) is 2.27. The van der Waals surface area contributed by atoms with Crippen LogP contribution in [0.15, 0.2) is 24.3 Å². The maximum atomic E-state index is 12.8. The van der Waals surface area contributed by atoms with Gasteiger partial charge in [-0.15, -0.1) is 0 Å². The molecule has 1 fully saturated rings. The zero-order valence-electron chi connectivity index (χ0n) is 10.7. The van der Waals surface area contributed by atoms with Gasteiger partial charge in [-0.2, -0.15) is 0 Å². The number of halogens is 1. The summed E-state index contributed by atoms with van der Waals surface area (Å²) in [5.74, 6) is -0.205. The van der Waals surface area contributed by atoms with Crippen LogP contribution in [0.4, 0.5) is 4.39 Å². The Balaban J connectivity index is 1.97. The lowest BCUT2D eigenvalue weighted by molar-refractivity contribution is -0.142. The Bertz CT molecular complexity index is 408. The van der Waals surface area contributed by atoms with Crippen LogP contribution >= 0.6 is 0 Å². The van der Waals surface area contributed by atoms with Gasteiger partial charge in [-0.05, 0) is 31.5 Å². The van der Waals surface area contributed by atoms with Crippen LogP contribution < -0.4 is 0 Å². The van der Waals surface area contributed by atoms with Crippen molar-refractivity contribution in [2.45, 2.75) is 32.5 Å². The summed E-state index contributed by atoms with van der Waals surface area (Å²) in [6, 6.07) is 6.07. The number of carbonyl (C=O) groups is 1. The van der Waals surface area contributed by atoms with Gasteiger partial charge in [0.2, 0.25) is 5.91 Å². The molecule has 1 aliphatic heterocycles. The molecule has 1 aromatic carbocycles. The van der Waals surface area contributed by atoms with Gasteiger partial charge in [0.15, 0.2) is 0 Å². The maximum absolute atomic E-state index is 12.8. The van der Waals surface area contributed by atoms with Gasteiger partial charge in [0, 0.05) is 13.1 Å². The minimum absolute atomic E-state index is 0.0728. The minimum Gasteiger partial charge on any atom is -0.372 e. The van der Waals surface area contributed by atoms with Crippen LogP contribution in [0.5, 0.6) is 0 Å². The first-order chi connectivity index (χ1) is 8.54. The van der Waals surface area contributed by atoms with Crippen molar-refractivity contribution in [1.29, 1.82) is 0 Å². The number of amides is 1. The molecule has 18 heavy (non-hydrogen) atoms. The lowest BCUT2D eigenvalue weighted by atomic mass is 10.1. The quantitative estimate of drug-likeness (QED) is 0.804. The fourth-order valence-electron chi connectivity index (χ4n) is 2.27. The van der Waals surface area contributed by atoms with Gasteiger partial charge in [0.05, 0.1) is 18.6 Å². The fraction of sp³-hybridized carbons (Fsp3) is 0.500. The minimum atomic E-state index is -0.278. The van der Waals surface area contributed by atoms with E-state index in [4.69, 9.17) is 4.74 Å². The largest absolute Gasteiger partial charge is 0.372 e. The van der Waals surface area contributed by atoms with Crippen molar-refractivity contribution < 1.29 is 13.9 Å². The molecule has 2 unspecified atom stereocenters. The van der Waals surface area contributed by atoms with Crippen molar-refractivity contribution in [2.75, 3.05) is 13.1 Å². The molecule has 1 heterocycles. The van der Waals surface area contributed by atoms with Crippen molar-refractivity contribution in [3.05, 3.63) is 35.6 Å². The number of hydrogen-bond donors (Lipinski definition) is 0. The summed E-state index contributed by atoms with van der Waals surface area (Å²) in [5.41, 5.74) is 0.841. The molecule has 2 rings (SSSR count). The van der Waals surface area contributed by atoms with Crippen LogP contribution in [0, 0.1) is 5.82 Å². The van der Waals surface area contributed by atoms with Crippen molar-refractivity contribution in [3.63, 3.8) is 0 Å². The molecule has 1 aromatic rings. The Morgan fingerprint density at radius 2 is 1.83 bits per heavy atom. The summed E-state index contributed by atoms with van der Waals surface area (Å²) in [4.78, 5) is 13.9. The van der Waals surface area contributed by atoms with Crippen LogP contribution in [0.1, 0.15) is 19.4 Å². The van der Waals surface area contributed by atoms with Crippen LogP contribution in [-0.2, 0) is 16.0 Å². The number of benzene rings is 1. The van der Waals surface area contributed by atoms with Gasteiger partial charge >= 0.3 is 0 Å². The lowest BCUT2D eigenvalue weighted by Gasteiger charge is -2.35. The van der Waals surface area contributed by atoms with Gasteiger partial charge < -0.3 is 9.64 Å². The molecular weight excluding hydrogens is 233 g/mol. The van der Waals surface area contributed by atoms with E-state index in [1.807, 2.05) is 18.7 Å². The van der Waals surface area contributed by atoms with Crippen LogP contribution in [0.25, 0.3) is 0 Å². The third-order valence-electron chi connectivity index (χ3n) is 3.04. The molecule has 98 valence electrons. The Morgan fingerprint density at radius 3 is 2.39 bits per heavy atom. The second kappa shape index (κ2) is 5.48. The van der Waals surface area contributed by atoms with Crippen molar-refractivity contribution >= 4 is 5.91 Å². The number of morpholine rings is 1. The molecule has 1 saturated heterocycles. The molecule has 0 bridgehead atoms. The average molecular weight is 251 g/mol. The Morgan fingerprint density at radius 1 is 1.28 bits per heavy atom. The number of hydrogen-bond acceptors (Lipinski definition) is 2. The van der Waals surface area contributed by atoms with Crippen LogP contribution in [-0.4, -0.2) is 36.1 Å². The topological polar surface area (TPSA) is 29.5 Å². The summed E-state index contributed by atoms with van der Waals surface area (Å²) in [7, 11) is 0. The van der Waals surface area contributed by atoms with E-state index >= 15 is 0 Å². The Kier molecular flexibility index (Phi) is 3.97. The monoisotopic (exact) mass is 251 g/mol. The van der Waals surface area contributed by atoms with Crippen LogP contribution in [0.2, 0.25) is 0 Å². The van der Waals surface area contributed by atoms with E-state index in [2.05, 4.69) is 0 Å². The van der Waals surface area contributed by atoms with Gasteiger partial charge in [-0.25, -0.2) is 4.39 Å². The summed E-state index contributed by atoms with van der Waals surface area (Å²) >= 11 is 0. The average Bonchev–Trinajstić information content (AvgIpc) is 2.31. The molecule has 1 aliphatic rings. The molecule has 4 heteroatoms. The Labute approximate surface area is 107 Å². The highest BCUT2D eigenvalue weighted by Gasteiger charge is 2.25. The Hall–Kier alpha value is -1.42. The highest BCUT2D eigenvalue weighted by Crippen LogP contribution is 2.13. The molecule has 1 amide bonds. The standard InChI is InChI=1S/C14H18FNO2/c1-10-8-16(9-11(2)18-10)14(17)7-12-3-5-13(15)6-4-12/h3-6,10-11H,7-9H2,1-2H3.